The quantitative estimate of drug-likeness (QED) is 0.359. The SMILES string of the molecule is CSc1n[nH]c(-n2ccc3nc4ccn(-c5ccccc5C)c(=O)c4cc3c2=O)n1. The van der Waals surface area contributed by atoms with Crippen molar-refractivity contribution in [3.8, 4) is 11.6 Å². The van der Waals surface area contributed by atoms with Crippen LogP contribution in [0.25, 0.3) is 33.4 Å². The molecule has 0 fully saturated rings. The summed E-state index contributed by atoms with van der Waals surface area (Å²) in [5.74, 6) is 0.316. The number of benzene rings is 1. The number of aromatic amines is 1. The molecule has 0 aliphatic heterocycles. The molecule has 0 spiro atoms. The summed E-state index contributed by atoms with van der Waals surface area (Å²) in [5, 5.41) is 8.06. The number of para-hydroxylation sites is 1. The van der Waals surface area contributed by atoms with Crippen LogP contribution in [0.2, 0.25) is 0 Å². The Balaban J connectivity index is 1.77. The lowest BCUT2D eigenvalue weighted by Crippen LogP contribution is -2.21. The van der Waals surface area contributed by atoms with Crippen LogP contribution in [0.1, 0.15) is 5.56 Å². The highest BCUT2D eigenvalue weighted by Crippen LogP contribution is 2.18. The molecule has 5 aromatic rings. The maximum atomic E-state index is 13.2. The van der Waals surface area contributed by atoms with Crippen LogP contribution in [0.4, 0.5) is 0 Å². The highest BCUT2D eigenvalue weighted by atomic mass is 32.2. The summed E-state index contributed by atoms with van der Waals surface area (Å²) in [5.41, 5.74) is 2.28. The van der Waals surface area contributed by atoms with Gasteiger partial charge in [-0.15, -0.1) is 5.10 Å². The van der Waals surface area contributed by atoms with E-state index in [0.29, 0.717) is 32.9 Å². The van der Waals surface area contributed by atoms with Crippen molar-refractivity contribution >= 4 is 33.6 Å². The largest absolute Gasteiger partial charge is 0.283 e. The summed E-state index contributed by atoms with van der Waals surface area (Å²) in [6.45, 7) is 1.95. The maximum absolute atomic E-state index is 13.2. The van der Waals surface area contributed by atoms with Gasteiger partial charge < -0.3 is 0 Å². The van der Waals surface area contributed by atoms with E-state index in [1.165, 1.54) is 16.3 Å². The van der Waals surface area contributed by atoms with Crippen LogP contribution in [-0.4, -0.2) is 35.6 Å². The average molecular weight is 416 g/mol. The van der Waals surface area contributed by atoms with E-state index >= 15 is 0 Å². The number of rotatable bonds is 3. The van der Waals surface area contributed by atoms with E-state index in [-0.39, 0.29) is 11.1 Å². The van der Waals surface area contributed by atoms with Crippen molar-refractivity contribution in [3.63, 3.8) is 0 Å². The molecule has 0 unspecified atom stereocenters. The van der Waals surface area contributed by atoms with Crippen molar-refractivity contribution in [2.24, 2.45) is 0 Å². The van der Waals surface area contributed by atoms with Crippen LogP contribution in [0.3, 0.4) is 0 Å². The Hall–Kier alpha value is -3.72. The molecule has 0 bridgehead atoms. The van der Waals surface area contributed by atoms with Crippen LogP contribution in [-0.2, 0) is 0 Å². The van der Waals surface area contributed by atoms with Gasteiger partial charge in [0.25, 0.3) is 11.1 Å². The molecular formula is C21H16N6O2S. The van der Waals surface area contributed by atoms with Crippen molar-refractivity contribution in [2.75, 3.05) is 6.26 Å². The number of aromatic nitrogens is 6. The predicted octanol–water partition coefficient (Wildman–Crippen LogP) is 2.84. The first-order valence-electron chi connectivity index (χ1n) is 9.17. The lowest BCUT2D eigenvalue weighted by atomic mass is 10.1. The minimum absolute atomic E-state index is 0.227. The average Bonchev–Trinajstić information content (AvgIpc) is 3.23. The van der Waals surface area contributed by atoms with Crippen LogP contribution in [0, 0.1) is 6.92 Å². The van der Waals surface area contributed by atoms with Gasteiger partial charge in [0.05, 0.1) is 27.5 Å². The molecule has 0 radical (unpaired) electrons. The molecule has 1 N–H and O–H groups in total. The molecule has 30 heavy (non-hydrogen) atoms. The molecule has 9 heteroatoms. The molecular weight excluding hydrogens is 400 g/mol. The molecule has 0 amide bonds. The Labute approximate surface area is 174 Å². The number of hydrogen-bond donors (Lipinski definition) is 1. The van der Waals surface area contributed by atoms with Gasteiger partial charge in [0.15, 0.2) is 0 Å². The summed E-state index contributed by atoms with van der Waals surface area (Å²) in [6, 6.07) is 12.8. The van der Waals surface area contributed by atoms with Crippen LogP contribution in [0.5, 0.6) is 0 Å². The highest BCUT2D eigenvalue weighted by molar-refractivity contribution is 7.98. The van der Waals surface area contributed by atoms with Crippen molar-refractivity contribution in [2.45, 2.75) is 12.1 Å². The van der Waals surface area contributed by atoms with Gasteiger partial charge in [-0.3, -0.25) is 18.7 Å². The summed E-state index contributed by atoms with van der Waals surface area (Å²) >= 11 is 1.37. The molecule has 1 aromatic carbocycles. The van der Waals surface area contributed by atoms with Crippen LogP contribution in [0.15, 0.2) is 69.6 Å². The number of nitrogens with one attached hydrogen (secondary N) is 1. The number of H-pyrrole nitrogens is 1. The zero-order valence-electron chi connectivity index (χ0n) is 16.2. The first kappa shape index (κ1) is 18.3. The van der Waals surface area contributed by atoms with Gasteiger partial charge >= 0.3 is 0 Å². The molecule has 8 nitrogen and oxygen atoms in total. The number of fused-ring (bicyclic) bond motifs is 2. The second kappa shape index (κ2) is 6.96. The molecule has 4 aromatic heterocycles. The van der Waals surface area contributed by atoms with E-state index in [2.05, 4.69) is 20.2 Å². The number of aryl methyl sites for hydroxylation is 1. The molecule has 5 rings (SSSR count). The molecule has 4 heterocycles. The van der Waals surface area contributed by atoms with E-state index in [9.17, 15) is 9.59 Å². The third kappa shape index (κ3) is 2.82. The topological polar surface area (TPSA) is 98.5 Å². The van der Waals surface area contributed by atoms with E-state index < -0.39 is 0 Å². The normalized spacial score (nSPS) is 11.4. The van der Waals surface area contributed by atoms with Gasteiger partial charge in [0.1, 0.15) is 0 Å². The smallest absolute Gasteiger partial charge is 0.266 e. The number of nitrogens with zero attached hydrogens (tertiary/aromatic N) is 5. The summed E-state index contributed by atoms with van der Waals surface area (Å²) in [7, 11) is 0. The summed E-state index contributed by atoms with van der Waals surface area (Å²) < 4.78 is 2.94. The minimum Gasteiger partial charge on any atom is -0.283 e. The monoisotopic (exact) mass is 416 g/mol. The van der Waals surface area contributed by atoms with Gasteiger partial charge in [0.2, 0.25) is 11.1 Å². The van der Waals surface area contributed by atoms with Gasteiger partial charge in [-0.05, 0) is 43.0 Å². The zero-order valence-corrected chi connectivity index (χ0v) is 17.0. The standard InChI is InChI=1S/C21H16N6O2S/c1-12-5-3-4-6-17(12)26-9-7-15-13(18(26)28)11-14-16(22-15)8-10-27(19(14)29)20-23-21(30-2)25-24-20/h3-11H,1-2H3,(H,23,24,25). The third-order valence-corrected chi connectivity index (χ3v) is 5.53. The fourth-order valence-corrected chi connectivity index (χ4v) is 3.77. The van der Waals surface area contributed by atoms with E-state index in [0.717, 1.165) is 11.3 Å². The Bertz CT molecular complexity index is 1550. The van der Waals surface area contributed by atoms with Gasteiger partial charge in [-0.1, -0.05) is 30.0 Å². The lowest BCUT2D eigenvalue weighted by molar-refractivity contribution is 0.901. The molecule has 0 atom stereocenters. The third-order valence-electron chi connectivity index (χ3n) is 4.98. The Kier molecular flexibility index (Phi) is 4.25. The van der Waals surface area contributed by atoms with Crippen molar-refractivity contribution in [1.29, 1.82) is 0 Å². The minimum atomic E-state index is -0.323. The van der Waals surface area contributed by atoms with Crippen molar-refractivity contribution in [1.82, 2.24) is 29.3 Å². The van der Waals surface area contributed by atoms with Gasteiger partial charge in [-0.25, -0.2) is 10.1 Å². The number of pyridine rings is 3. The van der Waals surface area contributed by atoms with E-state index in [1.54, 1.807) is 35.2 Å². The van der Waals surface area contributed by atoms with Gasteiger partial charge in [0, 0.05) is 12.4 Å². The Morgan fingerprint density at radius 1 is 0.900 bits per heavy atom. The van der Waals surface area contributed by atoms with E-state index in [1.807, 2.05) is 37.4 Å². The number of hydrogen-bond acceptors (Lipinski definition) is 6. The summed E-state index contributed by atoms with van der Waals surface area (Å²) in [6.07, 6.45) is 5.17. The van der Waals surface area contributed by atoms with Crippen molar-refractivity contribution < 1.29 is 0 Å². The fraction of sp³-hybridized carbons (Fsp3) is 0.0952. The molecule has 148 valence electrons. The Morgan fingerprint density at radius 3 is 2.23 bits per heavy atom. The molecule has 0 saturated carbocycles. The lowest BCUT2D eigenvalue weighted by Gasteiger charge is -2.10. The zero-order chi connectivity index (χ0) is 20.8. The molecule has 0 aliphatic carbocycles. The van der Waals surface area contributed by atoms with Crippen LogP contribution < -0.4 is 11.1 Å². The Morgan fingerprint density at radius 2 is 1.57 bits per heavy atom. The predicted molar refractivity (Wildman–Crippen MR) is 117 cm³/mol. The van der Waals surface area contributed by atoms with Crippen LogP contribution >= 0.6 is 11.8 Å². The number of thioether (sulfide) groups is 1. The second-order valence-corrected chi connectivity index (χ2v) is 7.54. The molecule has 0 aliphatic rings. The first-order chi connectivity index (χ1) is 14.6. The van der Waals surface area contributed by atoms with Gasteiger partial charge in [-0.2, -0.15) is 4.98 Å². The highest BCUT2D eigenvalue weighted by Gasteiger charge is 2.13. The second-order valence-electron chi connectivity index (χ2n) is 6.77. The molecule has 0 saturated heterocycles. The van der Waals surface area contributed by atoms with Crippen molar-refractivity contribution in [3.05, 3.63) is 81.1 Å². The summed E-state index contributed by atoms with van der Waals surface area (Å²) in [4.78, 5) is 35.1. The fourth-order valence-electron chi connectivity index (χ4n) is 3.45. The van der Waals surface area contributed by atoms with E-state index in [4.69, 9.17) is 0 Å². The first-order valence-corrected chi connectivity index (χ1v) is 10.4. The maximum Gasteiger partial charge on any atom is 0.266 e.